The summed E-state index contributed by atoms with van der Waals surface area (Å²) in [4.78, 5) is 0. The summed E-state index contributed by atoms with van der Waals surface area (Å²) in [5.74, 6) is 0. The van der Waals surface area contributed by atoms with Crippen molar-refractivity contribution in [1.82, 2.24) is 5.32 Å². The molecule has 1 aromatic carbocycles. The average Bonchev–Trinajstić information content (AvgIpc) is 2.38. The second kappa shape index (κ2) is 8.57. The molecule has 0 bridgehead atoms. The fourth-order valence-corrected chi connectivity index (χ4v) is 2.73. The lowest BCUT2D eigenvalue weighted by Crippen LogP contribution is -2.42. The van der Waals surface area contributed by atoms with Gasteiger partial charge in [-0.25, -0.2) is 0 Å². The number of methoxy groups -OCH3 is 1. The third-order valence-corrected chi connectivity index (χ3v) is 3.79. The van der Waals surface area contributed by atoms with E-state index < -0.39 is 0 Å². The van der Waals surface area contributed by atoms with Crippen molar-refractivity contribution in [2.24, 2.45) is 0 Å². The molecular formula is C16H26ClNO. The number of aryl methyl sites for hydroxylation is 1. The van der Waals surface area contributed by atoms with Gasteiger partial charge in [0.25, 0.3) is 0 Å². The number of halogens is 1. The van der Waals surface area contributed by atoms with Crippen LogP contribution in [0.2, 0.25) is 5.02 Å². The first-order chi connectivity index (χ1) is 9.12. The van der Waals surface area contributed by atoms with E-state index in [0.29, 0.717) is 6.04 Å². The summed E-state index contributed by atoms with van der Waals surface area (Å²) < 4.78 is 5.64. The molecule has 1 rings (SSSR count). The number of hydrogen-bond acceptors (Lipinski definition) is 2. The van der Waals surface area contributed by atoms with Gasteiger partial charge in [0.05, 0.1) is 6.10 Å². The second-order valence-electron chi connectivity index (χ2n) is 5.03. The summed E-state index contributed by atoms with van der Waals surface area (Å²) in [6.45, 7) is 7.32. The molecule has 0 aliphatic rings. The van der Waals surface area contributed by atoms with Crippen molar-refractivity contribution in [3.8, 4) is 0 Å². The Balaban J connectivity index is 2.81. The third kappa shape index (κ3) is 5.13. The average molecular weight is 284 g/mol. The fourth-order valence-electron chi connectivity index (χ4n) is 2.42. The number of likely N-dealkylation sites (N-methyl/N-ethyl adjacent to an activating group) is 1. The molecule has 1 aromatic rings. The number of hydrogen-bond donors (Lipinski definition) is 1. The standard InChI is InChI=1S/C16H26ClNO/c1-5-7-16(19-4)15(18-6-2)11-13-9-8-12(3)10-14(13)17/h8-10,15-16,18H,5-7,11H2,1-4H3. The predicted molar refractivity (Wildman–Crippen MR) is 83.1 cm³/mol. The van der Waals surface area contributed by atoms with E-state index in [1.165, 1.54) is 11.1 Å². The number of benzene rings is 1. The lowest BCUT2D eigenvalue weighted by molar-refractivity contribution is 0.0614. The molecule has 0 fully saturated rings. The van der Waals surface area contributed by atoms with Crippen molar-refractivity contribution in [1.29, 1.82) is 0 Å². The molecule has 0 aliphatic carbocycles. The van der Waals surface area contributed by atoms with Crippen LogP contribution in [-0.2, 0) is 11.2 Å². The van der Waals surface area contributed by atoms with Gasteiger partial charge in [-0.05, 0) is 43.5 Å². The molecule has 3 heteroatoms. The van der Waals surface area contributed by atoms with Gasteiger partial charge in [-0.2, -0.15) is 0 Å². The molecule has 108 valence electrons. The molecule has 0 saturated heterocycles. The zero-order valence-corrected chi connectivity index (χ0v) is 13.3. The van der Waals surface area contributed by atoms with Crippen LogP contribution in [0.5, 0.6) is 0 Å². The van der Waals surface area contributed by atoms with Crippen LogP contribution < -0.4 is 5.32 Å². The van der Waals surface area contributed by atoms with Crippen LogP contribution >= 0.6 is 11.6 Å². The van der Waals surface area contributed by atoms with Gasteiger partial charge >= 0.3 is 0 Å². The van der Waals surface area contributed by atoms with Gasteiger partial charge in [0, 0.05) is 18.2 Å². The largest absolute Gasteiger partial charge is 0.380 e. The van der Waals surface area contributed by atoms with Gasteiger partial charge in [-0.3, -0.25) is 0 Å². The Morgan fingerprint density at radius 3 is 2.58 bits per heavy atom. The molecule has 0 spiro atoms. The highest BCUT2D eigenvalue weighted by Gasteiger charge is 2.20. The zero-order valence-electron chi connectivity index (χ0n) is 12.5. The number of rotatable bonds is 8. The summed E-state index contributed by atoms with van der Waals surface area (Å²) in [5, 5.41) is 4.38. The summed E-state index contributed by atoms with van der Waals surface area (Å²) >= 11 is 6.33. The van der Waals surface area contributed by atoms with Crippen molar-refractivity contribution in [3.63, 3.8) is 0 Å². The van der Waals surface area contributed by atoms with E-state index in [9.17, 15) is 0 Å². The molecule has 0 radical (unpaired) electrons. The minimum Gasteiger partial charge on any atom is -0.380 e. The lowest BCUT2D eigenvalue weighted by Gasteiger charge is -2.27. The third-order valence-electron chi connectivity index (χ3n) is 3.44. The monoisotopic (exact) mass is 283 g/mol. The fraction of sp³-hybridized carbons (Fsp3) is 0.625. The smallest absolute Gasteiger partial charge is 0.0727 e. The van der Waals surface area contributed by atoms with Crippen LogP contribution in [0.15, 0.2) is 18.2 Å². The summed E-state index contributed by atoms with van der Waals surface area (Å²) in [7, 11) is 1.79. The van der Waals surface area contributed by atoms with Gasteiger partial charge < -0.3 is 10.1 Å². The minimum atomic E-state index is 0.238. The maximum atomic E-state index is 6.33. The van der Waals surface area contributed by atoms with E-state index in [1.807, 2.05) is 6.07 Å². The lowest BCUT2D eigenvalue weighted by atomic mass is 9.97. The Labute approximate surface area is 122 Å². The molecule has 2 atom stereocenters. The van der Waals surface area contributed by atoms with Gasteiger partial charge in [0.2, 0.25) is 0 Å². The quantitative estimate of drug-likeness (QED) is 0.779. The van der Waals surface area contributed by atoms with Crippen LogP contribution in [0, 0.1) is 6.92 Å². The van der Waals surface area contributed by atoms with Gasteiger partial charge in [0.1, 0.15) is 0 Å². The first-order valence-electron chi connectivity index (χ1n) is 7.13. The molecule has 0 amide bonds. The zero-order chi connectivity index (χ0) is 14.3. The van der Waals surface area contributed by atoms with E-state index in [4.69, 9.17) is 16.3 Å². The molecule has 0 saturated carbocycles. The van der Waals surface area contributed by atoms with Crippen molar-refractivity contribution in [2.75, 3.05) is 13.7 Å². The normalized spacial score (nSPS) is 14.4. The van der Waals surface area contributed by atoms with Crippen molar-refractivity contribution >= 4 is 11.6 Å². The molecule has 0 heterocycles. The highest BCUT2D eigenvalue weighted by Crippen LogP contribution is 2.21. The van der Waals surface area contributed by atoms with Crippen LogP contribution in [0.4, 0.5) is 0 Å². The maximum Gasteiger partial charge on any atom is 0.0727 e. The van der Waals surface area contributed by atoms with E-state index in [-0.39, 0.29) is 6.10 Å². The predicted octanol–water partition coefficient (Wildman–Crippen LogP) is 3.98. The van der Waals surface area contributed by atoms with Crippen LogP contribution in [0.25, 0.3) is 0 Å². The molecule has 0 aromatic heterocycles. The molecule has 0 aliphatic heterocycles. The topological polar surface area (TPSA) is 21.3 Å². The van der Waals surface area contributed by atoms with E-state index in [2.05, 4.69) is 38.2 Å². The number of ether oxygens (including phenoxy) is 1. The molecule has 1 N–H and O–H groups in total. The minimum absolute atomic E-state index is 0.238. The molecule has 2 nitrogen and oxygen atoms in total. The van der Waals surface area contributed by atoms with E-state index >= 15 is 0 Å². The van der Waals surface area contributed by atoms with Gasteiger partial charge in [-0.15, -0.1) is 0 Å². The Hall–Kier alpha value is -0.570. The van der Waals surface area contributed by atoms with Crippen LogP contribution in [0.3, 0.4) is 0 Å². The Bertz CT molecular complexity index is 381. The van der Waals surface area contributed by atoms with Crippen LogP contribution in [-0.4, -0.2) is 25.8 Å². The summed E-state index contributed by atoms with van der Waals surface area (Å²) in [6, 6.07) is 6.59. The first kappa shape index (κ1) is 16.5. The van der Waals surface area contributed by atoms with Gasteiger partial charge in [0.15, 0.2) is 0 Å². The van der Waals surface area contributed by atoms with Crippen LogP contribution in [0.1, 0.15) is 37.8 Å². The number of nitrogens with one attached hydrogen (secondary N) is 1. The molecule has 2 unspecified atom stereocenters. The highest BCUT2D eigenvalue weighted by atomic mass is 35.5. The summed E-state index contributed by atoms with van der Waals surface area (Å²) in [6.07, 6.45) is 3.34. The first-order valence-corrected chi connectivity index (χ1v) is 7.51. The Morgan fingerprint density at radius 1 is 1.32 bits per heavy atom. The van der Waals surface area contributed by atoms with E-state index in [1.54, 1.807) is 7.11 Å². The maximum absolute atomic E-state index is 6.33. The van der Waals surface area contributed by atoms with Crippen molar-refractivity contribution < 1.29 is 4.74 Å². The van der Waals surface area contributed by atoms with E-state index in [0.717, 1.165) is 30.8 Å². The molecular weight excluding hydrogens is 258 g/mol. The van der Waals surface area contributed by atoms with Crippen molar-refractivity contribution in [3.05, 3.63) is 34.3 Å². The van der Waals surface area contributed by atoms with Crippen molar-refractivity contribution in [2.45, 2.75) is 52.2 Å². The second-order valence-corrected chi connectivity index (χ2v) is 5.43. The van der Waals surface area contributed by atoms with Gasteiger partial charge in [-0.1, -0.05) is 44.0 Å². The Kier molecular flexibility index (Phi) is 7.44. The summed E-state index contributed by atoms with van der Waals surface area (Å²) in [5.41, 5.74) is 2.39. The Morgan fingerprint density at radius 2 is 2.05 bits per heavy atom. The highest BCUT2D eigenvalue weighted by molar-refractivity contribution is 6.31. The SMILES string of the molecule is CCCC(OC)C(Cc1ccc(C)cc1Cl)NCC. The molecule has 19 heavy (non-hydrogen) atoms.